The lowest BCUT2D eigenvalue weighted by molar-refractivity contribution is -0.135. The van der Waals surface area contributed by atoms with Gasteiger partial charge in [-0.1, -0.05) is 30.3 Å². The van der Waals surface area contributed by atoms with Crippen molar-refractivity contribution < 1.29 is 23.0 Å². The highest BCUT2D eigenvalue weighted by Crippen LogP contribution is 2.33. The number of methoxy groups -OCH3 is 1. The van der Waals surface area contributed by atoms with Gasteiger partial charge in [0, 0.05) is 0 Å². The zero-order valence-electron chi connectivity index (χ0n) is 16.3. The Morgan fingerprint density at radius 1 is 1.23 bits per heavy atom. The fourth-order valence-electron chi connectivity index (χ4n) is 3.14. The number of aromatic nitrogens is 3. The summed E-state index contributed by atoms with van der Waals surface area (Å²) in [6, 6.07) is 11.3. The van der Waals surface area contributed by atoms with Crippen LogP contribution in [0.1, 0.15) is 16.7 Å². The highest BCUT2D eigenvalue weighted by atomic mass is 19.1. The summed E-state index contributed by atoms with van der Waals surface area (Å²) < 4.78 is 37.7. The molecule has 0 atom stereocenters. The van der Waals surface area contributed by atoms with E-state index in [1.807, 2.05) is 0 Å². The molecule has 0 unspecified atom stereocenters. The van der Waals surface area contributed by atoms with E-state index in [-0.39, 0.29) is 31.3 Å². The topological polar surface area (TPSA) is 78.3 Å². The predicted octanol–water partition coefficient (Wildman–Crippen LogP) is 2.85. The van der Waals surface area contributed by atoms with Crippen molar-refractivity contribution in [1.82, 2.24) is 15.0 Å². The van der Waals surface area contributed by atoms with E-state index in [4.69, 9.17) is 9.47 Å². The Hall–Kier alpha value is -3.33. The first-order valence-corrected chi connectivity index (χ1v) is 9.34. The minimum atomic E-state index is -1.42. The fraction of sp³-hybridized carbons (Fsp3) is 0.286. The highest BCUT2D eigenvalue weighted by Gasteiger charge is 2.40. The van der Waals surface area contributed by atoms with Crippen LogP contribution in [-0.2, 0) is 28.2 Å². The molecule has 1 fully saturated rings. The predicted molar refractivity (Wildman–Crippen MR) is 104 cm³/mol. The average molecular weight is 414 g/mol. The average Bonchev–Trinajstić information content (AvgIpc) is 3.14. The molecule has 1 saturated heterocycles. The first kappa shape index (κ1) is 20.0. The Morgan fingerprint density at radius 2 is 1.97 bits per heavy atom. The molecule has 9 heteroatoms. The van der Waals surface area contributed by atoms with Crippen LogP contribution in [0.3, 0.4) is 0 Å². The summed E-state index contributed by atoms with van der Waals surface area (Å²) in [7, 11) is 1.40. The van der Waals surface area contributed by atoms with Crippen molar-refractivity contribution in [2.24, 2.45) is 0 Å². The molecule has 0 spiro atoms. The number of ether oxygens (including phenoxy) is 2. The van der Waals surface area contributed by atoms with Gasteiger partial charge in [0.25, 0.3) is 0 Å². The maximum atomic E-state index is 14.3. The minimum Gasteiger partial charge on any atom is -0.494 e. The number of nitrogens with zero attached hydrogens (tertiary/aromatic N) is 3. The number of carbonyl (C=O) groups is 1. The second-order valence-electron chi connectivity index (χ2n) is 7.11. The van der Waals surface area contributed by atoms with Gasteiger partial charge >= 0.3 is 0 Å². The molecule has 7 nitrogen and oxygen atoms in total. The quantitative estimate of drug-likeness (QED) is 0.643. The van der Waals surface area contributed by atoms with E-state index in [2.05, 4.69) is 15.5 Å². The van der Waals surface area contributed by atoms with E-state index in [1.165, 1.54) is 24.2 Å². The second kappa shape index (κ2) is 8.19. The summed E-state index contributed by atoms with van der Waals surface area (Å²) in [5.41, 5.74) is 0.641. The van der Waals surface area contributed by atoms with Gasteiger partial charge in [0.15, 0.2) is 23.1 Å². The highest BCUT2D eigenvalue weighted by molar-refractivity contribution is 5.91. The monoisotopic (exact) mass is 414 g/mol. The van der Waals surface area contributed by atoms with Crippen LogP contribution < -0.4 is 10.1 Å². The van der Waals surface area contributed by atoms with E-state index in [0.717, 1.165) is 11.1 Å². The van der Waals surface area contributed by atoms with Crippen LogP contribution in [0.15, 0.2) is 48.7 Å². The van der Waals surface area contributed by atoms with Crippen molar-refractivity contribution in [3.63, 3.8) is 0 Å². The number of amides is 1. The normalized spacial score (nSPS) is 14.8. The molecule has 1 aliphatic rings. The molecule has 3 aromatic rings. The third-order valence-electron chi connectivity index (χ3n) is 4.84. The van der Waals surface area contributed by atoms with Crippen LogP contribution in [0.25, 0.3) is 0 Å². The van der Waals surface area contributed by atoms with E-state index >= 15 is 0 Å². The molecule has 2 heterocycles. The number of anilines is 1. The smallest absolute Gasteiger partial charge is 0.230 e. The largest absolute Gasteiger partial charge is 0.494 e. The molecule has 0 saturated carbocycles. The van der Waals surface area contributed by atoms with Crippen molar-refractivity contribution in [2.75, 3.05) is 25.6 Å². The number of hydrogen-bond donors (Lipinski definition) is 1. The van der Waals surface area contributed by atoms with Crippen molar-refractivity contribution in [3.05, 3.63) is 71.2 Å². The zero-order valence-corrected chi connectivity index (χ0v) is 16.3. The molecular formula is C21H20F2N4O3. The number of halogens is 2. The summed E-state index contributed by atoms with van der Waals surface area (Å²) >= 11 is 0. The molecule has 1 amide bonds. The molecule has 30 heavy (non-hydrogen) atoms. The number of nitrogens with one attached hydrogen (secondary N) is 1. The summed E-state index contributed by atoms with van der Waals surface area (Å²) in [4.78, 5) is 13.7. The first-order valence-electron chi connectivity index (χ1n) is 9.34. The summed E-state index contributed by atoms with van der Waals surface area (Å²) in [5.74, 6) is -0.263. The molecule has 0 bridgehead atoms. The van der Waals surface area contributed by atoms with Crippen LogP contribution >= 0.6 is 0 Å². The minimum absolute atomic E-state index is 0.0627. The van der Waals surface area contributed by atoms with Crippen molar-refractivity contribution >= 4 is 11.7 Å². The van der Waals surface area contributed by atoms with Gasteiger partial charge in [-0.3, -0.25) is 4.79 Å². The molecule has 1 aliphatic heterocycles. The number of alkyl halides is 1. The lowest BCUT2D eigenvalue weighted by Crippen LogP contribution is -2.42. The van der Waals surface area contributed by atoms with Crippen molar-refractivity contribution in [3.8, 4) is 5.75 Å². The summed E-state index contributed by atoms with van der Waals surface area (Å²) in [5, 5.41) is 11.0. The van der Waals surface area contributed by atoms with E-state index in [0.29, 0.717) is 17.9 Å². The van der Waals surface area contributed by atoms with Crippen molar-refractivity contribution in [2.45, 2.75) is 18.6 Å². The van der Waals surface area contributed by atoms with Gasteiger partial charge in [-0.15, -0.1) is 5.10 Å². The first-order chi connectivity index (χ1) is 14.4. The number of carbonyl (C=O) groups excluding carboxylic acids is 1. The van der Waals surface area contributed by atoms with Gasteiger partial charge < -0.3 is 14.8 Å². The van der Waals surface area contributed by atoms with Crippen LogP contribution in [0.2, 0.25) is 0 Å². The van der Waals surface area contributed by atoms with Crippen molar-refractivity contribution in [1.29, 1.82) is 0 Å². The second-order valence-corrected chi connectivity index (χ2v) is 7.11. The van der Waals surface area contributed by atoms with Gasteiger partial charge in [-0.25, -0.2) is 8.78 Å². The number of rotatable bonds is 7. The van der Waals surface area contributed by atoms with Crippen LogP contribution in [0, 0.1) is 5.82 Å². The Morgan fingerprint density at radius 3 is 2.63 bits per heavy atom. The fourth-order valence-corrected chi connectivity index (χ4v) is 3.14. The van der Waals surface area contributed by atoms with E-state index < -0.39 is 11.5 Å². The van der Waals surface area contributed by atoms with Crippen LogP contribution in [-0.4, -0.2) is 41.2 Å². The Labute approximate surface area is 171 Å². The SMILES string of the molecule is COc1cc(Cn2ncc(NC(=O)Cc3ccc(C4(F)COC4)cc3)n2)ccc1F. The molecule has 1 aromatic heterocycles. The summed E-state index contributed by atoms with van der Waals surface area (Å²) in [6.45, 7) is 0.420. The Balaban J connectivity index is 1.33. The summed E-state index contributed by atoms with van der Waals surface area (Å²) in [6.07, 6.45) is 1.56. The molecule has 1 N–H and O–H groups in total. The lowest BCUT2D eigenvalue weighted by atomic mass is 9.93. The maximum Gasteiger partial charge on any atom is 0.230 e. The third kappa shape index (κ3) is 4.30. The molecular weight excluding hydrogens is 394 g/mol. The lowest BCUT2D eigenvalue weighted by Gasteiger charge is -2.34. The van der Waals surface area contributed by atoms with Gasteiger partial charge in [0.2, 0.25) is 5.91 Å². The standard InChI is InChI=1S/C21H20F2N4O3/c1-29-18-8-15(4-7-17(18)22)11-27-24-10-19(26-27)25-20(28)9-14-2-5-16(6-3-14)21(23)12-30-13-21/h2-8,10H,9,11-13H2,1H3,(H,25,26,28). The molecule has 0 radical (unpaired) electrons. The zero-order chi connectivity index (χ0) is 21.1. The van der Waals surface area contributed by atoms with Gasteiger partial charge in [-0.2, -0.15) is 9.90 Å². The molecule has 156 valence electrons. The van der Waals surface area contributed by atoms with E-state index in [1.54, 1.807) is 36.4 Å². The number of hydrogen-bond acceptors (Lipinski definition) is 5. The third-order valence-corrected chi connectivity index (χ3v) is 4.84. The Kier molecular flexibility index (Phi) is 5.45. The maximum absolute atomic E-state index is 14.3. The molecule has 0 aliphatic carbocycles. The number of benzene rings is 2. The van der Waals surface area contributed by atoms with E-state index in [9.17, 15) is 13.6 Å². The molecule has 2 aromatic carbocycles. The van der Waals surface area contributed by atoms with Crippen LogP contribution in [0.5, 0.6) is 5.75 Å². The van der Waals surface area contributed by atoms with Crippen LogP contribution in [0.4, 0.5) is 14.6 Å². The van der Waals surface area contributed by atoms with Gasteiger partial charge in [0.1, 0.15) is 0 Å². The molecule has 4 rings (SSSR count). The van der Waals surface area contributed by atoms with Gasteiger partial charge in [-0.05, 0) is 28.8 Å². The van der Waals surface area contributed by atoms with Gasteiger partial charge in [0.05, 0.1) is 39.5 Å². The Bertz CT molecular complexity index is 1050.